The summed E-state index contributed by atoms with van der Waals surface area (Å²) in [6.07, 6.45) is 1.49. The molecule has 128 valence electrons. The number of carbonyl (C=O) groups excluding carboxylic acids is 3. The number of piperazine rings is 1. The summed E-state index contributed by atoms with van der Waals surface area (Å²) < 4.78 is 0. The maximum atomic E-state index is 12.6. The third-order valence-corrected chi connectivity index (χ3v) is 4.75. The molecule has 1 N–H and O–H groups in total. The maximum absolute atomic E-state index is 12.6. The number of anilines is 1. The molecule has 1 atom stereocenters. The number of nitrogens with zero attached hydrogens (tertiary/aromatic N) is 2. The number of hydrogen-bond acceptors (Lipinski definition) is 5. The zero-order chi connectivity index (χ0) is 17.1. The van der Waals surface area contributed by atoms with E-state index in [0.29, 0.717) is 24.9 Å². The van der Waals surface area contributed by atoms with Crippen LogP contribution in [0.3, 0.4) is 0 Å². The fraction of sp³-hybridized carbons (Fsp3) is 0.500. The summed E-state index contributed by atoms with van der Waals surface area (Å²) in [5.74, 6) is -0.0792. The van der Waals surface area contributed by atoms with Gasteiger partial charge in [-0.3, -0.25) is 4.79 Å². The maximum Gasteiger partial charge on any atom is 0.255 e. The number of fused-ring (bicyclic) bond motifs is 1. The van der Waals surface area contributed by atoms with Crippen molar-refractivity contribution in [1.29, 1.82) is 0 Å². The molecule has 0 aromatic heterocycles. The molecule has 0 bridgehead atoms. The molecule has 2 aliphatic heterocycles. The second-order valence-electron chi connectivity index (χ2n) is 6.46. The third-order valence-electron chi connectivity index (χ3n) is 4.75. The number of hydrogen-bond donors (Lipinski definition) is 1. The minimum Gasteiger partial charge on any atom is -0.369 e. The van der Waals surface area contributed by atoms with E-state index in [2.05, 4.69) is 16.3 Å². The van der Waals surface area contributed by atoms with Gasteiger partial charge in [0.15, 0.2) is 0 Å². The number of benzene rings is 1. The second kappa shape index (κ2) is 7.13. The summed E-state index contributed by atoms with van der Waals surface area (Å²) >= 11 is 0. The van der Waals surface area contributed by atoms with Crippen LogP contribution in [0.5, 0.6) is 0 Å². The topological polar surface area (TPSA) is 69.7 Å². The first-order chi connectivity index (χ1) is 11.6. The van der Waals surface area contributed by atoms with Gasteiger partial charge >= 0.3 is 0 Å². The van der Waals surface area contributed by atoms with Crippen LogP contribution in [-0.4, -0.2) is 55.1 Å². The van der Waals surface area contributed by atoms with Gasteiger partial charge in [0.2, 0.25) is 0 Å². The minimum atomic E-state index is -0.531. The molecule has 6 heteroatoms. The van der Waals surface area contributed by atoms with E-state index in [-0.39, 0.29) is 11.7 Å². The van der Waals surface area contributed by atoms with Crippen molar-refractivity contribution >= 4 is 23.7 Å². The smallest absolute Gasteiger partial charge is 0.255 e. The quantitative estimate of drug-likeness (QED) is 0.788. The highest BCUT2D eigenvalue weighted by molar-refractivity contribution is 6.00. The van der Waals surface area contributed by atoms with Gasteiger partial charge in [-0.05, 0) is 37.1 Å². The summed E-state index contributed by atoms with van der Waals surface area (Å²) in [7, 11) is 0. The van der Waals surface area contributed by atoms with Crippen molar-refractivity contribution in [3.63, 3.8) is 0 Å². The lowest BCUT2D eigenvalue weighted by molar-refractivity contribution is -0.117. The van der Waals surface area contributed by atoms with Crippen LogP contribution >= 0.6 is 0 Å². The lowest BCUT2D eigenvalue weighted by atomic mass is 10.1. The molecule has 0 aliphatic carbocycles. The van der Waals surface area contributed by atoms with E-state index in [1.54, 1.807) is 4.90 Å². The van der Waals surface area contributed by atoms with Crippen LogP contribution in [0, 0.1) is 0 Å². The first-order valence-electron chi connectivity index (χ1n) is 8.44. The predicted molar refractivity (Wildman–Crippen MR) is 91.2 cm³/mol. The molecule has 24 heavy (non-hydrogen) atoms. The Kier molecular flexibility index (Phi) is 4.94. The summed E-state index contributed by atoms with van der Waals surface area (Å²) in [6, 6.07) is 5.38. The Bertz CT molecular complexity index is 653. The zero-order valence-electron chi connectivity index (χ0n) is 14.0. The fourth-order valence-electron chi connectivity index (χ4n) is 3.37. The van der Waals surface area contributed by atoms with Crippen molar-refractivity contribution in [2.75, 3.05) is 31.1 Å². The molecule has 2 aliphatic rings. The van der Waals surface area contributed by atoms with E-state index in [0.717, 1.165) is 43.7 Å². The summed E-state index contributed by atoms with van der Waals surface area (Å²) in [6.45, 7) is 5.76. The molecule has 1 aromatic carbocycles. The van der Waals surface area contributed by atoms with Crippen LogP contribution in [0.4, 0.5) is 5.69 Å². The van der Waals surface area contributed by atoms with Gasteiger partial charge in [-0.1, -0.05) is 0 Å². The van der Waals surface area contributed by atoms with E-state index in [9.17, 15) is 14.4 Å². The molecule has 1 saturated heterocycles. The number of aldehydes is 1. The van der Waals surface area contributed by atoms with Crippen LogP contribution in [0.15, 0.2) is 18.2 Å². The van der Waals surface area contributed by atoms with Crippen molar-refractivity contribution in [2.45, 2.75) is 32.4 Å². The van der Waals surface area contributed by atoms with Gasteiger partial charge in [-0.2, -0.15) is 0 Å². The summed E-state index contributed by atoms with van der Waals surface area (Å²) in [5, 5.41) is 3.33. The second-order valence-corrected chi connectivity index (χ2v) is 6.46. The molecule has 0 radical (unpaired) electrons. The number of amides is 1. The van der Waals surface area contributed by atoms with Crippen molar-refractivity contribution in [3.8, 4) is 0 Å². The van der Waals surface area contributed by atoms with E-state index < -0.39 is 6.04 Å². The molecule has 1 fully saturated rings. The minimum absolute atomic E-state index is 0.0343. The number of carbonyl (C=O) groups is 3. The monoisotopic (exact) mass is 329 g/mol. The molecular formula is C18H23N3O3. The van der Waals surface area contributed by atoms with Gasteiger partial charge < -0.3 is 24.7 Å². The van der Waals surface area contributed by atoms with Crippen LogP contribution in [0.2, 0.25) is 0 Å². The van der Waals surface area contributed by atoms with Gasteiger partial charge in [0, 0.05) is 50.4 Å². The highest BCUT2D eigenvalue weighted by Crippen LogP contribution is 2.29. The van der Waals surface area contributed by atoms with E-state index in [1.807, 2.05) is 12.1 Å². The van der Waals surface area contributed by atoms with Crippen molar-refractivity contribution in [1.82, 2.24) is 10.2 Å². The van der Waals surface area contributed by atoms with Crippen LogP contribution in [0.25, 0.3) is 0 Å². The predicted octanol–water partition coefficient (Wildman–Crippen LogP) is 0.989. The zero-order valence-corrected chi connectivity index (χ0v) is 14.0. The largest absolute Gasteiger partial charge is 0.369 e. The van der Waals surface area contributed by atoms with E-state index >= 15 is 0 Å². The van der Waals surface area contributed by atoms with Crippen molar-refractivity contribution in [2.24, 2.45) is 0 Å². The Hall–Kier alpha value is -2.21. The fourth-order valence-corrected chi connectivity index (χ4v) is 3.37. The van der Waals surface area contributed by atoms with Gasteiger partial charge in [-0.15, -0.1) is 0 Å². The SMILES string of the molecule is CC(=O)CCC(C=O)N1Cc2cc(N3CCNCC3)ccc2C1=O. The lowest BCUT2D eigenvalue weighted by Crippen LogP contribution is -2.43. The van der Waals surface area contributed by atoms with Gasteiger partial charge in [-0.25, -0.2) is 0 Å². The molecular weight excluding hydrogens is 306 g/mol. The third kappa shape index (κ3) is 3.33. The normalized spacial score (nSPS) is 18.5. The number of rotatable bonds is 6. The first kappa shape index (κ1) is 16.6. The van der Waals surface area contributed by atoms with Gasteiger partial charge in [0.25, 0.3) is 5.91 Å². The first-order valence-corrected chi connectivity index (χ1v) is 8.44. The highest BCUT2D eigenvalue weighted by Gasteiger charge is 2.33. The van der Waals surface area contributed by atoms with Gasteiger partial charge in [0.05, 0.1) is 6.04 Å². The Labute approximate surface area is 141 Å². The molecule has 2 heterocycles. The van der Waals surface area contributed by atoms with Gasteiger partial charge in [0.1, 0.15) is 12.1 Å². The number of nitrogens with one attached hydrogen (secondary N) is 1. The molecule has 3 rings (SSSR count). The van der Waals surface area contributed by atoms with Crippen LogP contribution in [-0.2, 0) is 16.1 Å². The molecule has 1 unspecified atom stereocenters. The molecule has 6 nitrogen and oxygen atoms in total. The summed E-state index contributed by atoms with van der Waals surface area (Å²) in [4.78, 5) is 39.0. The lowest BCUT2D eigenvalue weighted by Gasteiger charge is -2.29. The van der Waals surface area contributed by atoms with Crippen molar-refractivity contribution < 1.29 is 14.4 Å². The highest BCUT2D eigenvalue weighted by atomic mass is 16.2. The Morgan fingerprint density at radius 2 is 2.08 bits per heavy atom. The van der Waals surface area contributed by atoms with Crippen LogP contribution < -0.4 is 10.2 Å². The Morgan fingerprint density at radius 1 is 1.33 bits per heavy atom. The Morgan fingerprint density at radius 3 is 2.75 bits per heavy atom. The number of Topliss-reactive ketones (excluding diaryl/α,β-unsaturated/α-hetero) is 1. The van der Waals surface area contributed by atoms with E-state index in [4.69, 9.17) is 0 Å². The average Bonchev–Trinajstić information content (AvgIpc) is 2.92. The van der Waals surface area contributed by atoms with E-state index in [1.165, 1.54) is 6.92 Å². The molecule has 1 aromatic rings. The van der Waals surface area contributed by atoms with Crippen molar-refractivity contribution in [3.05, 3.63) is 29.3 Å². The number of ketones is 1. The molecule has 0 spiro atoms. The summed E-state index contributed by atoms with van der Waals surface area (Å²) in [5.41, 5.74) is 2.76. The average molecular weight is 329 g/mol. The molecule has 0 saturated carbocycles. The Balaban J connectivity index is 1.76. The molecule has 1 amide bonds. The standard InChI is InChI=1S/C18H23N3O3/c1-13(23)2-3-16(12-22)21-11-14-10-15(4-5-17(14)18(21)24)20-8-6-19-7-9-20/h4-5,10,12,16,19H,2-3,6-9,11H2,1H3. The van der Waals surface area contributed by atoms with Crippen LogP contribution in [0.1, 0.15) is 35.7 Å².